The predicted molar refractivity (Wildman–Crippen MR) is 163 cm³/mol. The Bertz CT molecular complexity index is 1500. The number of ether oxygens (including phenoxy) is 1. The second kappa shape index (κ2) is 8.51. The molecule has 0 atom stereocenters. The van der Waals surface area contributed by atoms with Crippen molar-refractivity contribution in [3.8, 4) is 11.5 Å². The van der Waals surface area contributed by atoms with Crippen molar-refractivity contribution >= 4 is 42.0 Å². The fourth-order valence-corrected chi connectivity index (χ4v) is 7.37. The minimum atomic E-state index is -0.750. The van der Waals surface area contributed by atoms with Gasteiger partial charge in [-0.15, -0.1) is 0 Å². The van der Waals surface area contributed by atoms with Crippen molar-refractivity contribution in [3.05, 3.63) is 82.9 Å². The Balaban J connectivity index is 1.37. The Kier molecular flexibility index (Phi) is 5.67. The summed E-state index contributed by atoms with van der Waals surface area (Å²) < 4.78 is 31.4. The van der Waals surface area contributed by atoms with Gasteiger partial charge >= 0.3 is 14.2 Å². The maximum atomic E-state index is 13.4. The van der Waals surface area contributed by atoms with E-state index in [2.05, 4.69) is 18.2 Å². The number of carbonyl (C=O) groups is 1. The Morgan fingerprint density at radius 3 is 1.49 bits per heavy atom. The largest absolute Gasteiger partial charge is 0.494 e. The summed E-state index contributed by atoms with van der Waals surface area (Å²) in [5.74, 6) is 1.35. The van der Waals surface area contributed by atoms with Gasteiger partial charge in [-0.2, -0.15) is 0 Å². The average molecular weight is 568 g/mol. The monoisotopic (exact) mass is 568 g/mol. The minimum absolute atomic E-state index is 0.0458. The van der Waals surface area contributed by atoms with Crippen LogP contribution in [0.4, 0.5) is 0 Å². The molecule has 0 N–H and O–H groups in total. The van der Waals surface area contributed by atoms with Gasteiger partial charge < -0.3 is 23.4 Å². The lowest BCUT2D eigenvalue weighted by atomic mass is 9.73. The molecule has 0 saturated carbocycles. The molecule has 0 radical (unpaired) electrons. The van der Waals surface area contributed by atoms with E-state index in [-0.39, 0.29) is 5.12 Å². The van der Waals surface area contributed by atoms with E-state index >= 15 is 0 Å². The molecule has 6 nitrogen and oxygen atoms in total. The van der Waals surface area contributed by atoms with Gasteiger partial charge in [-0.05, 0) is 84.0 Å². The molecule has 1 spiro atoms. The molecule has 3 aromatic rings. The molecule has 7 rings (SSSR count). The zero-order valence-corrected chi connectivity index (χ0v) is 25.6. The zero-order valence-electron chi connectivity index (χ0n) is 24.8. The first-order chi connectivity index (χ1) is 19.2. The van der Waals surface area contributed by atoms with Gasteiger partial charge in [-0.25, -0.2) is 0 Å². The van der Waals surface area contributed by atoms with Crippen molar-refractivity contribution in [2.75, 3.05) is 0 Å². The van der Waals surface area contributed by atoms with Crippen LogP contribution >= 0.6 is 11.8 Å². The minimum Gasteiger partial charge on any atom is -0.457 e. The molecule has 0 aliphatic carbocycles. The number of thioether (sulfide) groups is 1. The average Bonchev–Trinajstić information content (AvgIpc) is 3.41. The summed E-state index contributed by atoms with van der Waals surface area (Å²) in [6.07, 6.45) is 0. The van der Waals surface area contributed by atoms with E-state index < -0.39 is 41.4 Å². The van der Waals surface area contributed by atoms with Gasteiger partial charge in [-0.1, -0.05) is 60.3 Å². The van der Waals surface area contributed by atoms with Crippen LogP contribution in [0.3, 0.4) is 0 Å². The van der Waals surface area contributed by atoms with E-state index in [4.69, 9.17) is 23.4 Å². The molecule has 4 aliphatic heterocycles. The summed E-state index contributed by atoms with van der Waals surface area (Å²) in [4.78, 5) is 13.4. The van der Waals surface area contributed by atoms with Crippen LogP contribution in [0.1, 0.15) is 82.4 Å². The third-order valence-corrected chi connectivity index (χ3v) is 11.2. The van der Waals surface area contributed by atoms with Crippen LogP contribution in [0, 0.1) is 0 Å². The van der Waals surface area contributed by atoms with Gasteiger partial charge in [0.15, 0.2) is 0 Å². The quantitative estimate of drug-likeness (QED) is 0.375. The highest BCUT2D eigenvalue weighted by atomic mass is 32.2. The van der Waals surface area contributed by atoms with E-state index in [9.17, 15) is 4.79 Å². The van der Waals surface area contributed by atoms with Crippen molar-refractivity contribution in [1.82, 2.24) is 0 Å². The topological polar surface area (TPSA) is 63.2 Å². The highest BCUT2D eigenvalue weighted by Gasteiger charge is 2.56. The van der Waals surface area contributed by atoms with E-state index in [0.717, 1.165) is 33.2 Å². The normalized spacial score (nSPS) is 23.8. The first-order valence-electron chi connectivity index (χ1n) is 14.2. The molecule has 2 fully saturated rings. The molecular weight excluding hydrogens is 534 g/mol. The SMILES string of the molecule is CC1(C)OB(c2ccc3c(c2)Oc2cc(B4OC(C)(C)C(C)(C)O4)ccc2C32SC(=O)c3ccccc32)OC1(C)C. The molecule has 0 amide bonds. The van der Waals surface area contributed by atoms with Crippen molar-refractivity contribution in [2.24, 2.45) is 0 Å². The summed E-state index contributed by atoms with van der Waals surface area (Å²) >= 11 is 1.33. The summed E-state index contributed by atoms with van der Waals surface area (Å²) in [7, 11) is -1.07. The lowest BCUT2D eigenvalue weighted by Gasteiger charge is -2.37. The smallest absolute Gasteiger partial charge is 0.457 e. The highest BCUT2D eigenvalue weighted by Crippen LogP contribution is 2.62. The van der Waals surface area contributed by atoms with Gasteiger partial charge in [0.25, 0.3) is 0 Å². The molecule has 2 saturated heterocycles. The van der Waals surface area contributed by atoms with Gasteiger partial charge in [0, 0.05) is 16.7 Å². The molecule has 4 aliphatic rings. The van der Waals surface area contributed by atoms with Crippen LogP contribution in [0.25, 0.3) is 0 Å². The molecule has 0 bridgehead atoms. The molecule has 9 heteroatoms. The number of carbonyl (C=O) groups excluding carboxylic acids is 1. The van der Waals surface area contributed by atoms with E-state index in [0.29, 0.717) is 11.5 Å². The highest BCUT2D eigenvalue weighted by molar-refractivity contribution is 8.15. The number of hydrogen-bond donors (Lipinski definition) is 0. The van der Waals surface area contributed by atoms with E-state index in [1.807, 2.05) is 97.9 Å². The van der Waals surface area contributed by atoms with Crippen LogP contribution < -0.4 is 15.7 Å². The maximum Gasteiger partial charge on any atom is 0.494 e. The lowest BCUT2D eigenvalue weighted by molar-refractivity contribution is 0.00578. The van der Waals surface area contributed by atoms with Crippen LogP contribution in [-0.4, -0.2) is 41.8 Å². The zero-order chi connectivity index (χ0) is 29.2. The van der Waals surface area contributed by atoms with Gasteiger partial charge in [0.05, 0.1) is 22.4 Å². The van der Waals surface area contributed by atoms with Gasteiger partial charge in [-0.3, -0.25) is 4.79 Å². The second-order valence-electron chi connectivity index (χ2n) is 13.4. The standard InChI is InChI=1S/C32H34B2O6S/c1-28(2)29(3,4)38-33(37-28)19-13-15-23-25(17-19)36-26-18-20(34-39-30(5,6)31(7,8)40-34)14-16-24(26)32(23)22-12-10-9-11-21(22)27(35)41-32/h9-18H,1-8H3. The van der Waals surface area contributed by atoms with Crippen molar-refractivity contribution in [3.63, 3.8) is 0 Å². The third-order valence-electron chi connectivity index (χ3n) is 9.81. The fraction of sp³-hybridized carbons (Fsp3) is 0.406. The predicted octanol–water partition coefficient (Wildman–Crippen LogP) is 5.57. The van der Waals surface area contributed by atoms with E-state index in [1.165, 1.54) is 11.8 Å². The molecular formula is C32H34B2O6S. The number of rotatable bonds is 2. The number of benzene rings is 3. The van der Waals surface area contributed by atoms with Crippen LogP contribution in [0.2, 0.25) is 0 Å². The van der Waals surface area contributed by atoms with Crippen molar-refractivity contribution in [1.29, 1.82) is 0 Å². The number of hydrogen-bond acceptors (Lipinski definition) is 7. The summed E-state index contributed by atoms with van der Waals surface area (Å²) in [5.41, 5.74) is 3.41. The maximum absolute atomic E-state index is 13.4. The van der Waals surface area contributed by atoms with Crippen molar-refractivity contribution in [2.45, 2.75) is 82.5 Å². The lowest BCUT2D eigenvalue weighted by Crippen LogP contribution is -2.41. The third kappa shape index (κ3) is 3.79. The van der Waals surface area contributed by atoms with E-state index in [1.54, 1.807) is 0 Å². The van der Waals surface area contributed by atoms with Crippen LogP contribution in [-0.2, 0) is 23.4 Å². The summed E-state index contributed by atoms with van der Waals surface area (Å²) in [6.45, 7) is 16.4. The first-order valence-corrected chi connectivity index (χ1v) is 15.0. The Hall–Kier alpha value is -2.55. The molecule has 0 aromatic heterocycles. The van der Waals surface area contributed by atoms with Crippen LogP contribution in [0.15, 0.2) is 60.7 Å². The van der Waals surface area contributed by atoms with Crippen molar-refractivity contribution < 1.29 is 28.1 Å². The Morgan fingerprint density at radius 1 is 0.585 bits per heavy atom. The van der Waals surface area contributed by atoms with Gasteiger partial charge in [0.2, 0.25) is 5.12 Å². The van der Waals surface area contributed by atoms with Gasteiger partial charge in [0.1, 0.15) is 16.2 Å². The second-order valence-corrected chi connectivity index (χ2v) is 14.6. The summed E-state index contributed by atoms with van der Waals surface area (Å²) in [6, 6.07) is 20.0. The summed E-state index contributed by atoms with van der Waals surface area (Å²) in [5, 5.41) is 0.0458. The molecule has 4 heterocycles. The molecule has 3 aromatic carbocycles. The molecule has 210 valence electrons. The molecule has 41 heavy (non-hydrogen) atoms. The number of fused-ring (bicyclic) bond motifs is 6. The van der Waals surface area contributed by atoms with Crippen LogP contribution in [0.5, 0.6) is 11.5 Å². The first kappa shape index (κ1) is 27.3. The Morgan fingerprint density at radius 2 is 1.02 bits per heavy atom. The fourth-order valence-electron chi connectivity index (χ4n) is 5.96. The Labute approximate surface area is 246 Å². The molecule has 0 unspecified atom stereocenters.